The van der Waals surface area contributed by atoms with Crippen LogP contribution in [0.4, 0.5) is 0 Å². The predicted molar refractivity (Wildman–Crippen MR) is 48.7 cm³/mol. The first-order chi connectivity index (χ1) is 5.30. The molecule has 0 fully saturated rings. The number of hydrogen-bond donors (Lipinski definition) is 0. The van der Waals surface area contributed by atoms with E-state index in [0.29, 0.717) is 5.57 Å². The fourth-order valence-corrected chi connectivity index (χ4v) is 0.899. The van der Waals surface area contributed by atoms with Crippen molar-refractivity contribution in [1.82, 2.24) is 0 Å². The van der Waals surface area contributed by atoms with Crippen LogP contribution in [0.2, 0.25) is 0 Å². The monoisotopic (exact) mass is 172 g/mol. The molecular weight excluding hydrogens is 160 g/mol. The minimum absolute atomic E-state index is 0.356. The molecule has 1 aliphatic rings. The van der Waals surface area contributed by atoms with Crippen LogP contribution in [0, 0.1) is 0 Å². The summed E-state index contributed by atoms with van der Waals surface area (Å²) >= 11 is 5.20. The standard InChI is InChI=1S/C7H7ClO.C2H6/c8-7(9)6-4-2-1-3-5-6;1-2/h2,4-5H,1,3H2;1-2H3. The van der Waals surface area contributed by atoms with E-state index in [1.807, 2.05) is 26.0 Å². The minimum Gasteiger partial charge on any atom is -0.276 e. The molecule has 0 aromatic carbocycles. The summed E-state index contributed by atoms with van der Waals surface area (Å²) in [5.74, 6) is 0. The van der Waals surface area contributed by atoms with E-state index in [2.05, 4.69) is 0 Å². The van der Waals surface area contributed by atoms with E-state index in [1.54, 1.807) is 6.08 Å². The van der Waals surface area contributed by atoms with Crippen LogP contribution in [0.5, 0.6) is 0 Å². The Morgan fingerprint density at radius 1 is 1.45 bits per heavy atom. The quantitative estimate of drug-likeness (QED) is 0.556. The fraction of sp³-hybridized carbons (Fsp3) is 0.444. The van der Waals surface area contributed by atoms with Crippen molar-refractivity contribution < 1.29 is 4.79 Å². The van der Waals surface area contributed by atoms with Gasteiger partial charge in [0.05, 0.1) is 0 Å². The second-order valence-electron chi connectivity index (χ2n) is 1.91. The first-order valence-electron chi connectivity index (χ1n) is 3.87. The topological polar surface area (TPSA) is 17.1 Å². The molecule has 0 radical (unpaired) electrons. The Balaban J connectivity index is 0.000000461. The number of rotatable bonds is 1. The van der Waals surface area contributed by atoms with Crippen molar-refractivity contribution in [3.05, 3.63) is 23.8 Å². The molecule has 0 aromatic rings. The molecule has 11 heavy (non-hydrogen) atoms. The largest absolute Gasteiger partial charge is 0.276 e. The Kier molecular flexibility index (Phi) is 5.86. The number of halogens is 1. The number of allylic oxidation sites excluding steroid dienone is 4. The van der Waals surface area contributed by atoms with Crippen molar-refractivity contribution in [1.29, 1.82) is 0 Å². The molecule has 0 heterocycles. The van der Waals surface area contributed by atoms with Crippen molar-refractivity contribution in [2.45, 2.75) is 26.7 Å². The minimum atomic E-state index is -0.356. The molecule has 0 amide bonds. The fourth-order valence-electron chi connectivity index (χ4n) is 0.759. The van der Waals surface area contributed by atoms with E-state index < -0.39 is 0 Å². The third-order valence-corrected chi connectivity index (χ3v) is 1.44. The maximum absolute atomic E-state index is 10.4. The molecule has 62 valence electrons. The lowest BCUT2D eigenvalue weighted by Crippen LogP contribution is -1.92. The van der Waals surface area contributed by atoms with Crippen molar-refractivity contribution in [3.63, 3.8) is 0 Å². The van der Waals surface area contributed by atoms with E-state index in [-0.39, 0.29) is 5.24 Å². The van der Waals surface area contributed by atoms with Gasteiger partial charge in [0.1, 0.15) is 0 Å². The van der Waals surface area contributed by atoms with Crippen LogP contribution in [-0.2, 0) is 4.79 Å². The van der Waals surface area contributed by atoms with Crippen LogP contribution < -0.4 is 0 Å². The zero-order valence-electron chi connectivity index (χ0n) is 6.93. The summed E-state index contributed by atoms with van der Waals surface area (Å²) in [5, 5.41) is -0.356. The van der Waals surface area contributed by atoms with Gasteiger partial charge in [-0.25, -0.2) is 0 Å². The molecule has 0 aliphatic heterocycles. The molecule has 1 nitrogen and oxygen atoms in total. The molecular formula is C9H13ClO. The van der Waals surface area contributed by atoms with Gasteiger partial charge in [-0.2, -0.15) is 0 Å². The van der Waals surface area contributed by atoms with Crippen molar-refractivity contribution in [2.24, 2.45) is 0 Å². The van der Waals surface area contributed by atoms with Crippen molar-refractivity contribution >= 4 is 16.8 Å². The van der Waals surface area contributed by atoms with Gasteiger partial charge in [-0.1, -0.05) is 32.1 Å². The van der Waals surface area contributed by atoms with Crippen LogP contribution in [0.1, 0.15) is 26.7 Å². The second kappa shape index (κ2) is 6.17. The maximum atomic E-state index is 10.4. The highest BCUT2D eigenvalue weighted by molar-refractivity contribution is 6.68. The predicted octanol–water partition coefficient (Wildman–Crippen LogP) is 3.05. The van der Waals surface area contributed by atoms with E-state index in [9.17, 15) is 4.79 Å². The van der Waals surface area contributed by atoms with Gasteiger partial charge in [-0.15, -0.1) is 0 Å². The van der Waals surface area contributed by atoms with Crippen LogP contribution in [0.25, 0.3) is 0 Å². The molecule has 0 spiro atoms. The van der Waals surface area contributed by atoms with Gasteiger partial charge in [-0.05, 0) is 24.4 Å². The Morgan fingerprint density at radius 3 is 2.36 bits per heavy atom. The normalized spacial score (nSPS) is 14.6. The smallest absolute Gasteiger partial charge is 0.252 e. The SMILES string of the molecule is CC.O=C(Cl)C1=CCCC=C1. The van der Waals surface area contributed by atoms with Crippen LogP contribution in [0.3, 0.4) is 0 Å². The van der Waals surface area contributed by atoms with E-state index >= 15 is 0 Å². The summed E-state index contributed by atoms with van der Waals surface area (Å²) in [6.07, 6.45) is 7.53. The zero-order chi connectivity index (χ0) is 8.69. The van der Waals surface area contributed by atoms with Crippen molar-refractivity contribution in [2.75, 3.05) is 0 Å². The van der Waals surface area contributed by atoms with Crippen molar-refractivity contribution in [3.8, 4) is 0 Å². The van der Waals surface area contributed by atoms with Gasteiger partial charge in [0, 0.05) is 5.57 Å². The molecule has 1 aliphatic carbocycles. The van der Waals surface area contributed by atoms with Gasteiger partial charge < -0.3 is 0 Å². The average Bonchev–Trinajstić information content (AvgIpc) is 2.10. The summed E-state index contributed by atoms with van der Waals surface area (Å²) in [6.45, 7) is 4.00. The molecule has 2 heteroatoms. The Morgan fingerprint density at radius 2 is 2.09 bits per heavy atom. The third kappa shape index (κ3) is 3.99. The van der Waals surface area contributed by atoms with E-state index in [1.165, 1.54) is 0 Å². The highest BCUT2D eigenvalue weighted by atomic mass is 35.5. The Labute approximate surface area is 72.7 Å². The molecule has 0 N–H and O–H groups in total. The third-order valence-electron chi connectivity index (χ3n) is 1.22. The highest BCUT2D eigenvalue weighted by Gasteiger charge is 2.02. The van der Waals surface area contributed by atoms with Gasteiger partial charge >= 0.3 is 0 Å². The zero-order valence-corrected chi connectivity index (χ0v) is 7.69. The average molecular weight is 173 g/mol. The summed E-state index contributed by atoms with van der Waals surface area (Å²) in [4.78, 5) is 10.4. The van der Waals surface area contributed by atoms with Crippen LogP contribution in [0.15, 0.2) is 23.8 Å². The lowest BCUT2D eigenvalue weighted by Gasteiger charge is -1.98. The van der Waals surface area contributed by atoms with Gasteiger partial charge in [0.25, 0.3) is 5.24 Å². The summed E-state index contributed by atoms with van der Waals surface area (Å²) in [5.41, 5.74) is 0.628. The number of hydrogen-bond acceptors (Lipinski definition) is 1. The lowest BCUT2D eigenvalue weighted by atomic mass is 10.1. The highest BCUT2D eigenvalue weighted by Crippen LogP contribution is 2.11. The molecule has 0 saturated heterocycles. The lowest BCUT2D eigenvalue weighted by molar-refractivity contribution is -0.108. The summed E-state index contributed by atoms with van der Waals surface area (Å²) in [7, 11) is 0. The molecule has 0 aromatic heterocycles. The van der Waals surface area contributed by atoms with E-state index in [4.69, 9.17) is 11.6 Å². The van der Waals surface area contributed by atoms with Gasteiger partial charge in [0.2, 0.25) is 0 Å². The van der Waals surface area contributed by atoms with Gasteiger partial charge in [-0.3, -0.25) is 4.79 Å². The maximum Gasteiger partial charge on any atom is 0.252 e. The first kappa shape index (κ1) is 10.4. The summed E-state index contributed by atoms with van der Waals surface area (Å²) < 4.78 is 0. The molecule has 0 atom stereocenters. The molecule has 0 saturated carbocycles. The number of carbonyl (C=O) groups is 1. The Bertz CT molecular complexity index is 180. The molecule has 0 unspecified atom stereocenters. The Hall–Kier alpha value is -0.560. The molecule has 0 bridgehead atoms. The van der Waals surface area contributed by atoms with Crippen LogP contribution >= 0.6 is 11.6 Å². The summed E-state index contributed by atoms with van der Waals surface area (Å²) in [6, 6.07) is 0. The first-order valence-corrected chi connectivity index (χ1v) is 4.25. The second-order valence-corrected chi connectivity index (χ2v) is 2.26. The molecule has 1 rings (SSSR count). The van der Waals surface area contributed by atoms with Crippen LogP contribution in [-0.4, -0.2) is 5.24 Å². The van der Waals surface area contributed by atoms with E-state index in [0.717, 1.165) is 12.8 Å². The number of carbonyl (C=O) groups excluding carboxylic acids is 1. The van der Waals surface area contributed by atoms with Gasteiger partial charge in [0.15, 0.2) is 0 Å².